The van der Waals surface area contributed by atoms with Crippen molar-refractivity contribution in [1.82, 2.24) is 0 Å². The first-order valence-electron chi connectivity index (χ1n) is 10.2. The number of carbonyl (C=O) groups excluding carboxylic acids is 1. The van der Waals surface area contributed by atoms with Crippen LogP contribution in [-0.4, -0.2) is 49.3 Å². The zero-order chi connectivity index (χ0) is 18.3. The van der Waals surface area contributed by atoms with Gasteiger partial charge < -0.3 is 19.1 Å². The van der Waals surface area contributed by atoms with Gasteiger partial charge in [-0.3, -0.25) is 0 Å². The second-order valence-electron chi connectivity index (χ2n) is 7.18. The molecule has 1 atom stereocenters. The third kappa shape index (κ3) is 12.8. The fraction of sp³-hybridized carbons (Fsp3) is 0.950. The Labute approximate surface area is 150 Å². The second kappa shape index (κ2) is 14.7. The number of quaternary nitrogens is 1. The highest BCUT2D eigenvalue weighted by molar-refractivity contribution is 5.65. The van der Waals surface area contributed by atoms with Crippen LogP contribution >= 0.6 is 0 Å². The van der Waals surface area contributed by atoms with Gasteiger partial charge in [-0.15, -0.1) is 0 Å². The van der Waals surface area contributed by atoms with E-state index in [4.69, 9.17) is 0 Å². The predicted octanol–water partition coefficient (Wildman–Crippen LogP) is 3.53. The first-order valence-corrected chi connectivity index (χ1v) is 10.2. The van der Waals surface area contributed by atoms with Gasteiger partial charge in [0, 0.05) is 12.4 Å². The van der Waals surface area contributed by atoms with Gasteiger partial charge in [-0.05, 0) is 25.7 Å². The Morgan fingerprint density at radius 3 is 1.38 bits per heavy atom. The molecule has 0 aromatic heterocycles. The molecule has 144 valence electrons. The number of hydrogen-bond donors (Lipinski definition) is 0. The Bertz CT molecular complexity index is 266. The molecular formula is C20H41NO3. The van der Waals surface area contributed by atoms with Gasteiger partial charge in [0.2, 0.25) is 0 Å². The average Bonchev–Trinajstić information content (AvgIpc) is 3.37. The highest BCUT2D eigenvalue weighted by Crippen LogP contribution is 2.16. The molecule has 0 amide bonds. The predicted molar refractivity (Wildman–Crippen MR) is 98.7 cm³/mol. The van der Waals surface area contributed by atoms with E-state index in [1.54, 1.807) is 0 Å². The number of aliphatic carboxylic acids is 1. The third-order valence-electron chi connectivity index (χ3n) is 4.74. The summed E-state index contributed by atoms with van der Waals surface area (Å²) < 4.78 is 6.02. The van der Waals surface area contributed by atoms with Gasteiger partial charge in [0.1, 0.15) is 0 Å². The molecule has 0 N–H and O–H groups in total. The van der Waals surface area contributed by atoms with Crippen molar-refractivity contribution >= 4 is 5.97 Å². The zero-order valence-corrected chi connectivity index (χ0v) is 16.6. The molecule has 0 saturated carbocycles. The molecule has 0 unspecified atom stereocenters. The van der Waals surface area contributed by atoms with E-state index >= 15 is 0 Å². The topological polar surface area (TPSA) is 52.7 Å². The summed E-state index contributed by atoms with van der Waals surface area (Å²) in [5, 5.41) is 9.66. The second-order valence-corrected chi connectivity index (χ2v) is 7.18. The van der Waals surface area contributed by atoms with Crippen LogP contribution in [-0.2, 0) is 9.53 Å². The quantitative estimate of drug-likeness (QED) is 0.358. The van der Waals surface area contributed by atoms with Gasteiger partial charge in [-0.25, -0.2) is 0 Å². The highest BCUT2D eigenvalue weighted by atomic mass is 16.6. The number of carbonyl (C=O) groups is 1. The zero-order valence-electron chi connectivity index (χ0n) is 16.6. The smallest absolute Gasteiger partial charge is 0.0861 e. The molecule has 4 nitrogen and oxygen atoms in total. The average molecular weight is 344 g/mol. The molecule has 0 aromatic carbocycles. The van der Waals surface area contributed by atoms with Gasteiger partial charge in [0.15, 0.2) is 0 Å². The van der Waals surface area contributed by atoms with E-state index in [0.29, 0.717) is 6.61 Å². The van der Waals surface area contributed by atoms with E-state index in [2.05, 4.69) is 32.4 Å². The van der Waals surface area contributed by atoms with E-state index in [-0.39, 0.29) is 12.5 Å². The maximum Gasteiger partial charge on any atom is 0.0861 e. The molecular weight excluding hydrogens is 302 g/mol. The molecule has 1 rings (SSSR count). The SMILES string of the molecule is CCCC[N+](CCCC)(CCCC)CCCC.O=C([O-])C[C@@H]1CO1. The maximum atomic E-state index is 9.66. The highest BCUT2D eigenvalue weighted by Gasteiger charge is 2.24. The van der Waals surface area contributed by atoms with Crippen LogP contribution in [0.25, 0.3) is 0 Å². The van der Waals surface area contributed by atoms with Crippen LogP contribution < -0.4 is 5.11 Å². The molecule has 4 heteroatoms. The fourth-order valence-electron chi connectivity index (χ4n) is 3.02. The van der Waals surface area contributed by atoms with Crippen LogP contribution in [0.1, 0.15) is 85.5 Å². The van der Waals surface area contributed by atoms with E-state index in [1.807, 2.05) is 0 Å². The molecule has 1 aliphatic rings. The van der Waals surface area contributed by atoms with Crippen molar-refractivity contribution in [1.29, 1.82) is 0 Å². The molecule has 1 saturated heterocycles. The van der Waals surface area contributed by atoms with E-state index in [9.17, 15) is 9.90 Å². The number of ether oxygens (including phenoxy) is 1. The first kappa shape index (κ1) is 23.4. The van der Waals surface area contributed by atoms with E-state index in [1.165, 1.54) is 82.0 Å². The number of epoxide rings is 1. The van der Waals surface area contributed by atoms with Gasteiger partial charge in [-0.1, -0.05) is 53.4 Å². The van der Waals surface area contributed by atoms with Crippen molar-refractivity contribution in [2.45, 2.75) is 91.6 Å². The van der Waals surface area contributed by atoms with Crippen LogP contribution in [0.2, 0.25) is 0 Å². The molecule has 1 aliphatic heterocycles. The van der Waals surface area contributed by atoms with Crippen LogP contribution in [0.5, 0.6) is 0 Å². The molecule has 24 heavy (non-hydrogen) atoms. The summed E-state index contributed by atoms with van der Waals surface area (Å²) in [5.74, 6) is -1.03. The number of nitrogens with zero attached hydrogens (tertiary/aromatic N) is 1. The number of hydrogen-bond acceptors (Lipinski definition) is 3. The lowest BCUT2D eigenvalue weighted by atomic mass is 10.1. The van der Waals surface area contributed by atoms with Crippen LogP contribution in [0, 0.1) is 0 Å². The van der Waals surface area contributed by atoms with E-state index in [0.717, 1.165) is 0 Å². The fourth-order valence-corrected chi connectivity index (χ4v) is 3.02. The molecule has 1 fully saturated rings. The van der Waals surface area contributed by atoms with Gasteiger partial charge in [0.25, 0.3) is 0 Å². The van der Waals surface area contributed by atoms with Crippen molar-refractivity contribution < 1.29 is 19.1 Å². The monoisotopic (exact) mass is 343 g/mol. The Hall–Kier alpha value is -0.610. The minimum Gasteiger partial charge on any atom is -0.550 e. The van der Waals surface area contributed by atoms with Crippen molar-refractivity contribution in [3.05, 3.63) is 0 Å². The van der Waals surface area contributed by atoms with Crippen molar-refractivity contribution in [2.75, 3.05) is 32.8 Å². The molecule has 0 aliphatic carbocycles. The number of carboxylic acid groups (broad SMARTS) is 1. The molecule has 0 radical (unpaired) electrons. The molecule has 0 bridgehead atoms. The molecule has 1 heterocycles. The normalized spacial score (nSPS) is 16.4. The van der Waals surface area contributed by atoms with Crippen LogP contribution in [0.3, 0.4) is 0 Å². The number of carboxylic acids is 1. The van der Waals surface area contributed by atoms with Crippen LogP contribution in [0.15, 0.2) is 0 Å². The summed E-state index contributed by atoms with van der Waals surface area (Å²) in [6, 6.07) is 0. The summed E-state index contributed by atoms with van der Waals surface area (Å²) in [6.45, 7) is 15.6. The van der Waals surface area contributed by atoms with Gasteiger partial charge >= 0.3 is 0 Å². The van der Waals surface area contributed by atoms with Gasteiger partial charge in [-0.2, -0.15) is 0 Å². The van der Waals surface area contributed by atoms with Crippen LogP contribution in [0.4, 0.5) is 0 Å². The molecule has 0 spiro atoms. The largest absolute Gasteiger partial charge is 0.550 e. The lowest BCUT2D eigenvalue weighted by Crippen LogP contribution is -2.50. The lowest BCUT2D eigenvalue weighted by Gasteiger charge is -2.39. The Morgan fingerprint density at radius 2 is 1.21 bits per heavy atom. The standard InChI is InChI=1S/C16H36N.C4H6O3/c1-5-9-13-17(14-10-6-2,15-11-7-3)16-12-8-4;5-4(6)1-3-2-7-3/h5-16H2,1-4H3;3H,1-2H2,(H,5,6)/q+1;/p-1/t;3-/m.1/s1. The first-order chi connectivity index (χ1) is 11.5. The van der Waals surface area contributed by atoms with Crippen molar-refractivity contribution in [2.24, 2.45) is 0 Å². The third-order valence-corrected chi connectivity index (χ3v) is 4.74. The summed E-state index contributed by atoms with van der Waals surface area (Å²) in [7, 11) is 0. The van der Waals surface area contributed by atoms with Gasteiger partial charge in [0.05, 0.1) is 38.9 Å². The Balaban J connectivity index is 0.000000620. The number of rotatable bonds is 14. The Kier molecular flexibility index (Phi) is 14.3. The number of unbranched alkanes of at least 4 members (excludes halogenated alkanes) is 4. The Morgan fingerprint density at radius 1 is 0.875 bits per heavy atom. The summed E-state index contributed by atoms with van der Waals surface area (Å²) >= 11 is 0. The van der Waals surface area contributed by atoms with Crippen molar-refractivity contribution in [3.8, 4) is 0 Å². The maximum absolute atomic E-state index is 9.66. The summed E-state index contributed by atoms with van der Waals surface area (Å²) in [6.07, 6.45) is 11.1. The minimum atomic E-state index is -1.03. The minimum absolute atomic E-state index is 0.0370. The van der Waals surface area contributed by atoms with E-state index < -0.39 is 5.97 Å². The lowest BCUT2D eigenvalue weighted by molar-refractivity contribution is -0.929. The summed E-state index contributed by atoms with van der Waals surface area (Å²) in [4.78, 5) is 9.66. The molecule has 0 aromatic rings. The van der Waals surface area contributed by atoms with Crippen molar-refractivity contribution in [3.63, 3.8) is 0 Å². The summed E-state index contributed by atoms with van der Waals surface area (Å²) in [5.41, 5.74) is 0.